The number of aliphatic carboxylic acids is 1. The second kappa shape index (κ2) is 5.37. The summed E-state index contributed by atoms with van der Waals surface area (Å²) < 4.78 is 0. The number of aromatic nitrogens is 2. The van der Waals surface area contributed by atoms with Crippen LogP contribution < -0.4 is 10.6 Å². The normalized spacial score (nSPS) is 11.9. The fourth-order valence-electron chi connectivity index (χ4n) is 0.824. The van der Waals surface area contributed by atoms with Crippen molar-refractivity contribution in [2.75, 3.05) is 11.9 Å². The number of aryl methyl sites for hydroxylation is 1. The predicted molar refractivity (Wildman–Crippen MR) is 55.3 cm³/mol. The van der Waals surface area contributed by atoms with E-state index in [1.54, 1.807) is 6.92 Å². The number of hydrogen-bond acceptors (Lipinski definition) is 6. The summed E-state index contributed by atoms with van der Waals surface area (Å²) in [5.74, 6) is -1.31. The highest BCUT2D eigenvalue weighted by Crippen LogP contribution is 2.12. The Morgan fingerprint density at radius 3 is 2.62 bits per heavy atom. The first-order valence-corrected chi connectivity index (χ1v) is 5.06. The van der Waals surface area contributed by atoms with Gasteiger partial charge < -0.3 is 15.5 Å². The second-order valence-corrected chi connectivity index (χ2v) is 3.98. The number of anilines is 1. The van der Waals surface area contributed by atoms with Gasteiger partial charge in [0, 0.05) is 0 Å². The van der Waals surface area contributed by atoms with Gasteiger partial charge in [-0.2, -0.15) is 0 Å². The molecule has 0 aliphatic rings. The first-order valence-electron chi connectivity index (χ1n) is 4.24. The predicted octanol–water partition coefficient (Wildman–Crippen LogP) is -0.586. The average Bonchev–Trinajstić information content (AvgIpc) is 2.60. The molecule has 0 bridgehead atoms. The second-order valence-electron chi connectivity index (χ2n) is 2.80. The van der Waals surface area contributed by atoms with E-state index in [0.29, 0.717) is 5.01 Å². The summed E-state index contributed by atoms with van der Waals surface area (Å²) in [6, 6.07) is -2.09. The summed E-state index contributed by atoms with van der Waals surface area (Å²) in [5.41, 5.74) is 0. The summed E-state index contributed by atoms with van der Waals surface area (Å²) in [6.07, 6.45) is 0. The van der Waals surface area contributed by atoms with Gasteiger partial charge in [0.05, 0.1) is 6.61 Å². The lowest BCUT2D eigenvalue weighted by Gasteiger charge is -2.10. The molecular weight excluding hydrogens is 236 g/mol. The number of carboxylic acid groups (broad SMARTS) is 1. The number of carboxylic acids is 1. The zero-order valence-electron chi connectivity index (χ0n) is 8.30. The molecule has 1 aromatic heterocycles. The molecule has 1 atom stereocenters. The minimum atomic E-state index is -1.34. The summed E-state index contributed by atoms with van der Waals surface area (Å²) in [6.45, 7) is 1.03. The fraction of sp³-hybridized carbons (Fsp3) is 0.429. The molecule has 1 rings (SSSR count). The van der Waals surface area contributed by atoms with Gasteiger partial charge in [-0.25, -0.2) is 9.59 Å². The highest BCUT2D eigenvalue weighted by molar-refractivity contribution is 7.15. The Balaban J connectivity index is 2.50. The number of rotatable bonds is 4. The fourth-order valence-corrected chi connectivity index (χ4v) is 1.41. The van der Waals surface area contributed by atoms with Gasteiger partial charge in [0.25, 0.3) is 0 Å². The van der Waals surface area contributed by atoms with Gasteiger partial charge in [-0.05, 0) is 6.92 Å². The first kappa shape index (κ1) is 12.3. The molecule has 1 aromatic rings. The third kappa shape index (κ3) is 3.44. The average molecular weight is 246 g/mol. The van der Waals surface area contributed by atoms with Gasteiger partial charge in [0.1, 0.15) is 5.01 Å². The maximum absolute atomic E-state index is 11.2. The molecule has 0 radical (unpaired) electrons. The van der Waals surface area contributed by atoms with E-state index in [1.807, 2.05) is 0 Å². The lowest BCUT2D eigenvalue weighted by Crippen LogP contribution is -2.45. The van der Waals surface area contributed by atoms with Crippen LogP contribution in [0.3, 0.4) is 0 Å². The van der Waals surface area contributed by atoms with Crippen molar-refractivity contribution >= 4 is 28.5 Å². The molecule has 1 heterocycles. The van der Waals surface area contributed by atoms with Crippen molar-refractivity contribution in [1.82, 2.24) is 15.5 Å². The van der Waals surface area contributed by atoms with Crippen LogP contribution in [0.25, 0.3) is 0 Å². The number of carbonyl (C=O) groups excluding carboxylic acids is 1. The smallest absolute Gasteiger partial charge is 0.328 e. The molecule has 2 amide bonds. The number of nitrogens with one attached hydrogen (secondary N) is 2. The Morgan fingerprint density at radius 2 is 2.19 bits per heavy atom. The van der Waals surface area contributed by atoms with Gasteiger partial charge in [-0.1, -0.05) is 11.3 Å². The van der Waals surface area contributed by atoms with Crippen molar-refractivity contribution in [3.8, 4) is 0 Å². The largest absolute Gasteiger partial charge is 0.480 e. The zero-order valence-corrected chi connectivity index (χ0v) is 9.11. The van der Waals surface area contributed by atoms with Crippen LogP contribution in [0.1, 0.15) is 5.01 Å². The van der Waals surface area contributed by atoms with Gasteiger partial charge in [-0.15, -0.1) is 10.2 Å². The number of aliphatic hydroxyl groups is 1. The number of amides is 2. The minimum absolute atomic E-state index is 0.261. The van der Waals surface area contributed by atoms with Crippen LogP contribution in [-0.4, -0.2) is 45.1 Å². The molecule has 9 heteroatoms. The van der Waals surface area contributed by atoms with E-state index in [4.69, 9.17) is 10.2 Å². The highest BCUT2D eigenvalue weighted by Gasteiger charge is 2.19. The van der Waals surface area contributed by atoms with Crippen LogP contribution in [-0.2, 0) is 4.79 Å². The SMILES string of the molecule is Cc1nnc(NC(=O)N[C@@H](CO)C(=O)O)s1. The maximum Gasteiger partial charge on any atom is 0.328 e. The molecule has 0 aliphatic carbocycles. The van der Waals surface area contributed by atoms with Crippen molar-refractivity contribution in [3.63, 3.8) is 0 Å². The molecule has 16 heavy (non-hydrogen) atoms. The monoisotopic (exact) mass is 246 g/mol. The van der Waals surface area contributed by atoms with E-state index in [2.05, 4.69) is 20.8 Å². The first-order chi connectivity index (χ1) is 7.52. The number of urea groups is 1. The van der Waals surface area contributed by atoms with Crippen molar-refractivity contribution in [2.45, 2.75) is 13.0 Å². The zero-order chi connectivity index (χ0) is 12.1. The Labute approximate surface area is 94.3 Å². The van der Waals surface area contributed by atoms with Crippen LogP contribution in [0.15, 0.2) is 0 Å². The van der Waals surface area contributed by atoms with Crippen LogP contribution in [0.4, 0.5) is 9.93 Å². The van der Waals surface area contributed by atoms with Crippen molar-refractivity contribution in [1.29, 1.82) is 0 Å². The van der Waals surface area contributed by atoms with Gasteiger partial charge in [0.2, 0.25) is 5.13 Å². The molecule has 88 valence electrons. The molecule has 0 unspecified atom stereocenters. The topological polar surface area (TPSA) is 124 Å². The van der Waals surface area contributed by atoms with E-state index >= 15 is 0 Å². The highest BCUT2D eigenvalue weighted by atomic mass is 32.1. The molecule has 0 aromatic carbocycles. The van der Waals surface area contributed by atoms with E-state index < -0.39 is 24.6 Å². The maximum atomic E-state index is 11.2. The number of carbonyl (C=O) groups is 2. The Hall–Kier alpha value is -1.74. The molecule has 0 aliphatic heterocycles. The summed E-state index contributed by atoms with van der Waals surface area (Å²) >= 11 is 1.16. The van der Waals surface area contributed by atoms with Crippen molar-refractivity contribution in [2.24, 2.45) is 0 Å². The lowest BCUT2D eigenvalue weighted by molar-refractivity contribution is -0.140. The van der Waals surface area contributed by atoms with Gasteiger partial charge in [0.15, 0.2) is 6.04 Å². The Bertz CT molecular complexity index is 393. The van der Waals surface area contributed by atoms with E-state index in [-0.39, 0.29) is 5.13 Å². The van der Waals surface area contributed by atoms with E-state index in [1.165, 1.54) is 0 Å². The molecule has 0 saturated heterocycles. The van der Waals surface area contributed by atoms with Crippen LogP contribution in [0.2, 0.25) is 0 Å². The van der Waals surface area contributed by atoms with Crippen molar-refractivity contribution in [3.05, 3.63) is 5.01 Å². The molecule has 0 saturated carbocycles. The third-order valence-electron chi connectivity index (χ3n) is 1.53. The lowest BCUT2D eigenvalue weighted by atomic mass is 10.3. The quantitative estimate of drug-likeness (QED) is 0.563. The van der Waals surface area contributed by atoms with Crippen LogP contribution in [0, 0.1) is 6.92 Å². The van der Waals surface area contributed by atoms with E-state index in [9.17, 15) is 9.59 Å². The molecule has 0 fully saturated rings. The minimum Gasteiger partial charge on any atom is -0.480 e. The van der Waals surface area contributed by atoms with Crippen LogP contribution in [0.5, 0.6) is 0 Å². The number of hydrogen-bond donors (Lipinski definition) is 4. The Kier molecular flexibility index (Phi) is 4.14. The van der Waals surface area contributed by atoms with Gasteiger partial charge in [-0.3, -0.25) is 5.32 Å². The summed E-state index contributed by atoms with van der Waals surface area (Å²) in [5, 5.41) is 29.8. The standard InChI is InChI=1S/C7H10N4O4S/c1-3-10-11-7(16-3)9-6(15)8-4(2-12)5(13)14/h4,12H,2H2,1H3,(H,13,14)(H2,8,9,11,15)/t4-/m0/s1. The van der Waals surface area contributed by atoms with Gasteiger partial charge >= 0.3 is 12.0 Å². The summed E-state index contributed by atoms with van der Waals surface area (Å²) in [7, 11) is 0. The van der Waals surface area contributed by atoms with Crippen molar-refractivity contribution < 1.29 is 19.8 Å². The Morgan fingerprint density at radius 1 is 1.50 bits per heavy atom. The third-order valence-corrected chi connectivity index (χ3v) is 2.29. The molecular formula is C7H10N4O4S. The molecule has 4 N–H and O–H groups in total. The molecule has 0 spiro atoms. The van der Waals surface area contributed by atoms with Crippen LogP contribution >= 0.6 is 11.3 Å². The summed E-state index contributed by atoms with van der Waals surface area (Å²) in [4.78, 5) is 21.7. The molecule has 8 nitrogen and oxygen atoms in total. The number of nitrogens with zero attached hydrogens (tertiary/aromatic N) is 2. The van der Waals surface area contributed by atoms with E-state index in [0.717, 1.165) is 11.3 Å². The number of aliphatic hydroxyl groups excluding tert-OH is 1.